The van der Waals surface area contributed by atoms with Crippen LogP contribution in [0.25, 0.3) is 0 Å². The van der Waals surface area contributed by atoms with Crippen molar-refractivity contribution in [1.82, 2.24) is 5.32 Å². The first-order valence-corrected chi connectivity index (χ1v) is 7.34. The van der Waals surface area contributed by atoms with Crippen LogP contribution in [0.1, 0.15) is 50.4 Å². The minimum absolute atomic E-state index is 0.243. The highest BCUT2D eigenvalue weighted by Gasteiger charge is 2.32. The number of hydrogen-bond acceptors (Lipinski definition) is 3. The van der Waals surface area contributed by atoms with E-state index in [1.54, 1.807) is 13.8 Å². The number of carbonyl (C=O) groups excluding carboxylic acids is 2. The van der Waals surface area contributed by atoms with Crippen LogP contribution >= 0.6 is 0 Å². The summed E-state index contributed by atoms with van der Waals surface area (Å²) in [6.45, 7) is 4.82. The van der Waals surface area contributed by atoms with Crippen LogP contribution in [-0.2, 0) is 9.59 Å². The number of anilines is 1. The van der Waals surface area contributed by atoms with Gasteiger partial charge >= 0.3 is 5.97 Å². The standard InChI is InChI=1S/C16H21FN2O4/c1-4-16(5-2,9-14(21)22)19-15(23)12-8-11(18-10(3)20)6-7-13(12)17/h6-8H,4-5,9H2,1-3H3,(H,18,20)(H,19,23)(H,21,22). The lowest BCUT2D eigenvalue weighted by Crippen LogP contribution is -2.49. The van der Waals surface area contributed by atoms with E-state index in [0.717, 1.165) is 6.07 Å². The summed E-state index contributed by atoms with van der Waals surface area (Å²) in [7, 11) is 0. The number of benzene rings is 1. The predicted octanol–water partition coefficient (Wildman–Crippen LogP) is 2.55. The number of carboxylic acid groups (broad SMARTS) is 1. The molecule has 0 fully saturated rings. The normalized spacial score (nSPS) is 11.0. The molecule has 1 aromatic carbocycles. The smallest absolute Gasteiger partial charge is 0.305 e. The number of rotatable bonds is 7. The molecule has 0 aromatic heterocycles. The number of carboxylic acids is 1. The van der Waals surface area contributed by atoms with Crippen molar-refractivity contribution < 1.29 is 23.9 Å². The second-order valence-corrected chi connectivity index (χ2v) is 5.39. The maximum atomic E-state index is 13.9. The Hall–Kier alpha value is -2.44. The van der Waals surface area contributed by atoms with Gasteiger partial charge in [-0.05, 0) is 31.0 Å². The van der Waals surface area contributed by atoms with Gasteiger partial charge in [0.2, 0.25) is 5.91 Å². The molecule has 3 N–H and O–H groups in total. The van der Waals surface area contributed by atoms with Crippen LogP contribution in [0.5, 0.6) is 0 Å². The average Bonchev–Trinajstić information content (AvgIpc) is 2.47. The number of carbonyl (C=O) groups is 3. The van der Waals surface area contributed by atoms with Crippen LogP contribution in [0.3, 0.4) is 0 Å². The molecule has 0 saturated heterocycles. The van der Waals surface area contributed by atoms with E-state index < -0.39 is 23.2 Å². The Labute approximate surface area is 134 Å². The lowest BCUT2D eigenvalue weighted by atomic mass is 9.88. The van der Waals surface area contributed by atoms with Crippen LogP contribution in [-0.4, -0.2) is 28.4 Å². The van der Waals surface area contributed by atoms with E-state index in [4.69, 9.17) is 5.11 Å². The highest BCUT2D eigenvalue weighted by atomic mass is 19.1. The molecule has 0 radical (unpaired) electrons. The molecule has 0 heterocycles. The van der Waals surface area contributed by atoms with Crippen molar-refractivity contribution in [2.45, 2.75) is 45.6 Å². The summed E-state index contributed by atoms with van der Waals surface area (Å²) in [5, 5.41) is 14.1. The summed E-state index contributed by atoms with van der Waals surface area (Å²) >= 11 is 0. The predicted molar refractivity (Wildman–Crippen MR) is 83.7 cm³/mol. The van der Waals surface area contributed by atoms with Gasteiger partial charge in [-0.1, -0.05) is 13.8 Å². The molecule has 0 spiro atoms. The van der Waals surface area contributed by atoms with E-state index in [-0.39, 0.29) is 17.9 Å². The minimum atomic E-state index is -1.04. The molecule has 0 unspecified atom stereocenters. The first kappa shape index (κ1) is 18.6. The molecule has 0 aliphatic rings. The van der Waals surface area contributed by atoms with Gasteiger partial charge in [0, 0.05) is 12.6 Å². The van der Waals surface area contributed by atoms with Crippen LogP contribution in [0.4, 0.5) is 10.1 Å². The molecule has 126 valence electrons. The third-order valence-corrected chi connectivity index (χ3v) is 3.75. The molecule has 0 aliphatic heterocycles. The molecular formula is C16H21FN2O4. The minimum Gasteiger partial charge on any atom is -0.481 e. The molecule has 7 heteroatoms. The summed E-state index contributed by atoms with van der Waals surface area (Å²) in [6, 6.07) is 3.65. The van der Waals surface area contributed by atoms with Crippen LogP contribution < -0.4 is 10.6 Å². The van der Waals surface area contributed by atoms with E-state index in [1.807, 2.05) is 0 Å². The van der Waals surface area contributed by atoms with Gasteiger partial charge in [-0.3, -0.25) is 14.4 Å². The lowest BCUT2D eigenvalue weighted by molar-refractivity contribution is -0.138. The van der Waals surface area contributed by atoms with Crippen LogP contribution in [0.15, 0.2) is 18.2 Å². The third-order valence-electron chi connectivity index (χ3n) is 3.75. The van der Waals surface area contributed by atoms with Crippen LogP contribution in [0.2, 0.25) is 0 Å². The molecule has 2 amide bonds. The monoisotopic (exact) mass is 324 g/mol. The van der Waals surface area contributed by atoms with Gasteiger partial charge in [0.1, 0.15) is 5.82 Å². The summed E-state index contributed by atoms with van der Waals surface area (Å²) in [4.78, 5) is 34.4. The zero-order valence-corrected chi connectivity index (χ0v) is 13.4. The topological polar surface area (TPSA) is 95.5 Å². The van der Waals surface area contributed by atoms with E-state index in [1.165, 1.54) is 19.1 Å². The Morgan fingerprint density at radius 1 is 1.22 bits per heavy atom. The lowest BCUT2D eigenvalue weighted by Gasteiger charge is -2.31. The van der Waals surface area contributed by atoms with Crippen molar-refractivity contribution in [1.29, 1.82) is 0 Å². The summed E-state index contributed by atoms with van der Waals surface area (Å²) in [6.07, 6.45) is 0.543. The maximum Gasteiger partial charge on any atom is 0.305 e. The van der Waals surface area contributed by atoms with E-state index in [0.29, 0.717) is 18.5 Å². The van der Waals surface area contributed by atoms with Gasteiger partial charge in [-0.2, -0.15) is 0 Å². The molecule has 0 aliphatic carbocycles. The zero-order valence-electron chi connectivity index (χ0n) is 13.4. The quantitative estimate of drug-likeness (QED) is 0.718. The molecule has 0 bridgehead atoms. The number of amides is 2. The van der Waals surface area contributed by atoms with Crippen molar-refractivity contribution in [3.63, 3.8) is 0 Å². The van der Waals surface area contributed by atoms with Crippen molar-refractivity contribution in [2.75, 3.05) is 5.32 Å². The van der Waals surface area contributed by atoms with Crippen molar-refractivity contribution in [3.8, 4) is 0 Å². The van der Waals surface area contributed by atoms with Gasteiger partial charge in [0.05, 0.1) is 17.5 Å². The van der Waals surface area contributed by atoms with Crippen molar-refractivity contribution >= 4 is 23.5 Å². The van der Waals surface area contributed by atoms with Gasteiger partial charge in [-0.15, -0.1) is 0 Å². The third kappa shape index (κ3) is 5.05. The first-order chi connectivity index (χ1) is 10.7. The molecule has 0 atom stereocenters. The summed E-state index contributed by atoms with van der Waals surface area (Å²) < 4.78 is 13.9. The van der Waals surface area contributed by atoms with Crippen molar-refractivity contribution in [2.24, 2.45) is 0 Å². The molecule has 1 rings (SSSR count). The SMILES string of the molecule is CCC(CC)(CC(=O)O)NC(=O)c1cc(NC(C)=O)ccc1F. The Bertz CT molecular complexity index is 612. The second-order valence-electron chi connectivity index (χ2n) is 5.39. The van der Waals surface area contributed by atoms with E-state index in [9.17, 15) is 18.8 Å². The van der Waals surface area contributed by atoms with Gasteiger partial charge in [0.15, 0.2) is 0 Å². The van der Waals surface area contributed by atoms with Crippen molar-refractivity contribution in [3.05, 3.63) is 29.6 Å². The number of nitrogens with one attached hydrogen (secondary N) is 2. The highest BCUT2D eigenvalue weighted by molar-refractivity contribution is 5.97. The largest absolute Gasteiger partial charge is 0.481 e. The fourth-order valence-corrected chi connectivity index (χ4v) is 2.30. The fraction of sp³-hybridized carbons (Fsp3) is 0.438. The molecule has 6 nitrogen and oxygen atoms in total. The molecular weight excluding hydrogens is 303 g/mol. The van der Waals surface area contributed by atoms with Crippen LogP contribution in [0, 0.1) is 5.82 Å². The number of halogens is 1. The maximum absolute atomic E-state index is 13.9. The highest BCUT2D eigenvalue weighted by Crippen LogP contribution is 2.22. The number of aliphatic carboxylic acids is 1. The van der Waals surface area contributed by atoms with Gasteiger partial charge in [-0.25, -0.2) is 4.39 Å². The molecule has 1 aromatic rings. The Morgan fingerprint density at radius 3 is 2.30 bits per heavy atom. The Balaban J connectivity index is 3.07. The Morgan fingerprint density at radius 2 is 1.83 bits per heavy atom. The molecule has 23 heavy (non-hydrogen) atoms. The average molecular weight is 324 g/mol. The fourth-order valence-electron chi connectivity index (χ4n) is 2.30. The molecule has 0 saturated carbocycles. The van der Waals surface area contributed by atoms with E-state index >= 15 is 0 Å². The first-order valence-electron chi connectivity index (χ1n) is 7.34. The number of hydrogen-bond donors (Lipinski definition) is 3. The van der Waals surface area contributed by atoms with Gasteiger partial charge in [0.25, 0.3) is 5.91 Å². The van der Waals surface area contributed by atoms with Gasteiger partial charge < -0.3 is 15.7 Å². The zero-order chi connectivity index (χ0) is 17.6. The second kappa shape index (κ2) is 7.71. The summed E-state index contributed by atoms with van der Waals surface area (Å²) in [5.41, 5.74) is -0.895. The Kier molecular flexibility index (Phi) is 6.24. The summed E-state index contributed by atoms with van der Waals surface area (Å²) in [5.74, 6) is -2.83. The van der Waals surface area contributed by atoms with E-state index in [2.05, 4.69) is 10.6 Å².